The van der Waals surface area contributed by atoms with Crippen LogP contribution in [0.4, 0.5) is 10.3 Å². The van der Waals surface area contributed by atoms with Gasteiger partial charge in [0.15, 0.2) is 0 Å². The van der Waals surface area contributed by atoms with Crippen molar-refractivity contribution in [2.24, 2.45) is 0 Å². The van der Waals surface area contributed by atoms with E-state index in [1.54, 1.807) is 13.8 Å². The zero-order valence-electron chi connectivity index (χ0n) is 10.2. The molecule has 0 unspecified atom stereocenters. The molecule has 1 amide bonds. The van der Waals surface area contributed by atoms with E-state index in [1.807, 2.05) is 0 Å². The van der Waals surface area contributed by atoms with E-state index in [9.17, 15) is 9.18 Å². The fourth-order valence-corrected chi connectivity index (χ4v) is 1.78. The highest BCUT2D eigenvalue weighted by Gasteiger charge is 2.13. The van der Waals surface area contributed by atoms with E-state index in [4.69, 9.17) is 0 Å². The normalized spacial score (nSPS) is 10.3. The highest BCUT2D eigenvalue weighted by atomic mass is 79.9. The van der Waals surface area contributed by atoms with Gasteiger partial charge in [-0.15, -0.1) is 5.10 Å². The topological polar surface area (TPSA) is 67.8 Å². The van der Waals surface area contributed by atoms with Gasteiger partial charge in [0.1, 0.15) is 5.82 Å². The number of rotatable bonds is 2. The lowest BCUT2D eigenvalue weighted by Crippen LogP contribution is -2.16. The van der Waals surface area contributed by atoms with Gasteiger partial charge in [0.05, 0.1) is 17.0 Å². The largest absolute Gasteiger partial charge is 0.289 e. The second kappa shape index (κ2) is 5.40. The molecule has 0 fully saturated rings. The number of halogens is 2. The average molecular weight is 325 g/mol. The zero-order valence-corrected chi connectivity index (χ0v) is 11.8. The van der Waals surface area contributed by atoms with Crippen molar-refractivity contribution in [3.63, 3.8) is 0 Å². The summed E-state index contributed by atoms with van der Waals surface area (Å²) in [6.07, 6.45) is 0. The lowest BCUT2D eigenvalue weighted by atomic mass is 10.2. The van der Waals surface area contributed by atoms with E-state index in [2.05, 4.69) is 36.4 Å². The van der Waals surface area contributed by atoms with E-state index < -0.39 is 11.7 Å². The minimum atomic E-state index is -0.503. The number of hydrogen-bond donors (Lipinski definition) is 1. The Kier molecular flexibility index (Phi) is 3.84. The molecule has 1 aromatic carbocycles. The Hall–Kier alpha value is -1.89. The molecule has 0 aliphatic rings. The van der Waals surface area contributed by atoms with E-state index in [1.165, 1.54) is 12.1 Å². The Morgan fingerprint density at radius 1 is 1.26 bits per heavy atom. The molecule has 1 N–H and O–H groups in total. The number of carbonyl (C=O) groups excluding carboxylic acids is 1. The Morgan fingerprint density at radius 3 is 2.68 bits per heavy atom. The van der Waals surface area contributed by atoms with Crippen LogP contribution in [0.25, 0.3) is 0 Å². The first kappa shape index (κ1) is 13.5. The second-order valence-corrected chi connectivity index (χ2v) is 4.74. The van der Waals surface area contributed by atoms with E-state index in [0.29, 0.717) is 15.9 Å². The zero-order chi connectivity index (χ0) is 14.0. The third kappa shape index (κ3) is 3.11. The van der Waals surface area contributed by atoms with Gasteiger partial charge < -0.3 is 0 Å². The molecule has 0 bridgehead atoms. The van der Waals surface area contributed by atoms with Gasteiger partial charge in [-0.25, -0.2) is 9.37 Å². The number of nitrogens with zero attached hydrogens (tertiary/aromatic N) is 3. The molecule has 5 nitrogen and oxygen atoms in total. The van der Waals surface area contributed by atoms with E-state index >= 15 is 0 Å². The van der Waals surface area contributed by atoms with Gasteiger partial charge in [0, 0.05) is 4.47 Å². The maximum absolute atomic E-state index is 13.1. The van der Waals surface area contributed by atoms with Crippen molar-refractivity contribution in [3.8, 4) is 0 Å². The van der Waals surface area contributed by atoms with Crippen LogP contribution in [0.1, 0.15) is 21.7 Å². The standard InChI is InChI=1S/C12H10BrFN4O/c1-6-7(2)17-18-12(15-6)16-11(19)9-5-8(14)3-4-10(9)13/h3-5H,1-2H3,(H,15,16,18,19). The van der Waals surface area contributed by atoms with Crippen LogP contribution < -0.4 is 5.32 Å². The number of amides is 1. The molecule has 0 saturated heterocycles. The highest BCUT2D eigenvalue weighted by molar-refractivity contribution is 9.10. The van der Waals surface area contributed by atoms with Crippen LogP contribution in [0.2, 0.25) is 0 Å². The highest BCUT2D eigenvalue weighted by Crippen LogP contribution is 2.18. The van der Waals surface area contributed by atoms with Gasteiger partial charge in [-0.2, -0.15) is 5.10 Å². The maximum atomic E-state index is 13.1. The molecule has 0 saturated carbocycles. The number of aromatic nitrogens is 3. The molecule has 1 aromatic heterocycles. The molecule has 1 heterocycles. The smallest absolute Gasteiger partial charge is 0.259 e. The van der Waals surface area contributed by atoms with Crippen molar-refractivity contribution in [1.82, 2.24) is 15.2 Å². The number of aryl methyl sites for hydroxylation is 2. The Morgan fingerprint density at radius 2 is 2.00 bits per heavy atom. The summed E-state index contributed by atoms with van der Waals surface area (Å²) in [6, 6.07) is 3.85. The number of anilines is 1. The fourth-order valence-electron chi connectivity index (χ4n) is 1.35. The van der Waals surface area contributed by atoms with Crippen LogP contribution in [0, 0.1) is 19.7 Å². The molecule has 0 atom stereocenters. The molecule has 2 rings (SSSR count). The lowest BCUT2D eigenvalue weighted by Gasteiger charge is -2.06. The first-order chi connectivity index (χ1) is 8.97. The quantitative estimate of drug-likeness (QED) is 0.922. The number of carbonyl (C=O) groups is 1. The van der Waals surface area contributed by atoms with Crippen LogP contribution in [-0.4, -0.2) is 21.1 Å². The Balaban J connectivity index is 2.25. The van der Waals surface area contributed by atoms with Crippen LogP contribution in [0.3, 0.4) is 0 Å². The number of nitrogens with one attached hydrogen (secondary N) is 1. The summed E-state index contributed by atoms with van der Waals surface area (Å²) in [5.74, 6) is -0.909. The van der Waals surface area contributed by atoms with Gasteiger partial charge in [-0.3, -0.25) is 10.1 Å². The van der Waals surface area contributed by atoms with Crippen molar-refractivity contribution in [3.05, 3.63) is 45.4 Å². The van der Waals surface area contributed by atoms with Crippen molar-refractivity contribution < 1.29 is 9.18 Å². The van der Waals surface area contributed by atoms with Crippen molar-refractivity contribution >= 4 is 27.8 Å². The van der Waals surface area contributed by atoms with Crippen LogP contribution >= 0.6 is 15.9 Å². The van der Waals surface area contributed by atoms with Gasteiger partial charge in [-0.05, 0) is 48.0 Å². The number of hydrogen-bond acceptors (Lipinski definition) is 4. The summed E-state index contributed by atoms with van der Waals surface area (Å²) in [6.45, 7) is 3.53. The van der Waals surface area contributed by atoms with Crippen molar-refractivity contribution in [2.45, 2.75) is 13.8 Å². The summed E-state index contributed by atoms with van der Waals surface area (Å²) in [7, 11) is 0. The summed E-state index contributed by atoms with van der Waals surface area (Å²) in [5.41, 5.74) is 1.52. The molecule has 19 heavy (non-hydrogen) atoms. The fraction of sp³-hybridized carbons (Fsp3) is 0.167. The van der Waals surface area contributed by atoms with Crippen LogP contribution in [0.15, 0.2) is 22.7 Å². The summed E-state index contributed by atoms with van der Waals surface area (Å²) in [5, 5.41) is 10.1. The molecule has 0 spiro atoms. The van der Waals surface area contributed by atoms with Gasteiger partial charge in [0.25, 0.3) is 5.91 Å². The summed E-state index contributed by atoms with van der Waals surface area (Å²) >= 11 is 3.19. The van der Waals surface area contributed by atoms with Gasteiger partial charge in [0.2, 0.25) is 5.95 Å². The minimum Gasteiger partial charge on any atom is -0.289 e. The molecule has 0 radical (unpaired) electrons. The van der Waals surface area contributed by atoms with Crippen LogP contribution in [0.5, 0.6) is 0 Å². The molecular weight excluding hydrogens is 315 g/mol. The van der Waals surface area contributed by atoms with Crippen molar-refractivity contribution in [1.29, 1.82) is 0 Å². The molecule has 7 heteroatoms. The molecular formula is C12H10BrFN4O. The predicted octanol–water partition coefficient (Wildman–Crippen LogP) is 2.64. The van der Waals surface area contributed by atoms with E-state index in [-0.39, 0.29) is 11.5 Å². The van der Waals surface area contributed by atoms with E-state index in [0.717, 1.165) is 6.07 Å². The summed E-state index contributed by atoms with van der Waals surface area (Å²) < 4.78 is 13.6. The minimum absolute atomic E-state index is 0.0873. The Labute approximate surface area is 117 Å². The lowest BCUT2D eigenvalue weighted by molar-refractivity contribution is 0.102. The van der Waals surface area contributed by atoms with Gasteiger partial charge in [-0.1, -0.05) is 0 Å². The average Bonchev–Trinajstić information content (AvgIpc) is 2.36. The SMILES string of the molecule is Cc1nnc(NC(=O)c2cc(F)ccc2Br)nc1C. The monoisotopic (exact) mass is 324 g/mol. The third-order valence-corrected chi connectivity index (χ3v) is 3.18. The molecule has 0 aliphatic heterocycles. The first-order valence-electron chi connectivity index (χ1n) is 5.41. The molecule has 2 aromatic rings. The van der Waals surface area contributed by atoms with Crippen LogP contribution in [-0.2, 0) is 0 Å². The molecule has 98 valence electrons. The summed E-state index contributed by atoms with van der Waals surface area (Å²) in [4.78, 5) is 16.0. The Bertz CT molecular complexity index is 648. The van der Waals surface area contributed by atoms with Gasteiger partial charge >= 0.3 is 0 Å². The number of benzene rings is 1. The van der Waals surface area contributed by atoms with Crippen molar-refractivity contribution in [2.75, 3.05) is 5.32 Å². The molecule has 0 aliphatic carbocycles. The second-order valence-electron chi connectivity index (χ2n) is 3.88. The third-order valence-electron chi connectivity index (χ3n) is 2.49. The maximum Gasteiger partial charge on any atom is 0.259 e. The predicted molar refractivity (Wildman–Crippen MR) is 71.4 cm³/mol. The first-order valence-corrected chi connectivity index (χ1v) is 6.21.